The Morgan fingerprint density at radius 2 is 1.93 bits per heavy atom. The van der Waals surface area contributed by atoms with Crippen LogP contribution in [0.1, 0.15) is 24.2 Å². The number of hydrogen-bond donors (Lipinski definition) is 0. The zero-order valence-corrected chi connectivity index (χ0v) is 16.7. The molecule has 1 atom stereocenters. The third-order valence-electron chi connectivity index (χ3n) is 4.07. The second-order valence-corrected chi connectivity index (χ2v) is 7.33. The van der Waals surface area contributed by atoms with Crippen molar-refractivity contribution in [1.29, 1.82) is 0 Å². The van der Waals surface area contributed by atoms with Gasteiger partial charge in [-0.05, 0) is 50.2 Å². The van der Waals surface area contributed by atoms with Gasteiger partial charge in [0.1, 0.15) is 5.75 Å². The van der Waals surface area contributed by atoms with E-state index < -0.39 is 0 Å². The molecular formula is C21H22N4O2S. The first-order valence-corrected chi connectivity index (χ1v) is 9.90. The Labute approximate surface area is 168 Å². The fourth-order valence-corrected chi connectivity index (χ4v) is 3.65. The first kappa shape index (κ1) is 19.8. The molecule has 3 rings (SSSR count). The van der Waals surface area contributed by atoms with Crippen molar-refractivity contribution in [3.05, 3.63) is 67.0 Å². The Bertz CT molecular complexity index is 939. The van der Waals surface area contributed by atoms with Crippen molar-refractivity contribution in [3.63, 3.8) is 0 Å². The van der Waals surface area contributed by atoms with Gasteiger partial charge in [0.15, 0.2) is 16.8 Å². The van der Waals surface area contributed by atoms with Crippen LogP contribution < -0.4 is 4.74 Å². The van der Waals surface area contributed by atoms with Crippen LogP contribution in [0.4, 0.5) is 0 Å². The maximum atomic E-state index is 12.8. The SMILES string of the molecule is C=CCn1c(SC(C)C(=O)c2ccc(OCC)cc2)nnc1-c1ccncc1. The minimum atomic E-state index is -0.309. The Morgan fingerprint density at radius 1 is 1.21 bits per heavy atom. The highest BCUT2D eigenvalue weighted by Crippen LogP contribution is 2.28. The summed E-state index contributed by atoms with van der Waals surface area (Å²) >= 11 is 1.39. The van der Waals surface area contributed by atoms with Crippen molar-refractivity contribution in [2.75, 3.05) is 6.61 Å². The van der Waals surface area contributed by atoms with Gasteiger partial charge in [-0.3, -0.25) is 14.3 Å². The first-order chi connectivity index (χ1) is 13.6. The molecule has 0 saturated carbocycles. The number of aromatic nitrogens is 4. The summed E-state index contributed by atoms with van der Waals surface area (Å²) in [6.45, 7) is 8.77. The van der Waals surface area contributed by atoms with E-state index in [9.17, 15) is 4.79 Å². The number of carbonyl (C=O) groups excluding carboxylic acids is 1. The summed E-state index contributed by atoms with van der Waals surface area (Å²) in [5, 5.41) is 8.98. The molecule has 0 saturated heterocycles. The number of hydrogen-bond acceptors (Lipinski definition) is 6. The Hall–Kier alpha value is -2.93. The van der Waals surface area contributed by atoms with Gasteiger partial charge in [-0.25, -0.2) is 0 Å². The molecule has 0 radical (unpaired) electrons. The molecule has 0 spiro atoms. The van der Waals surface area contributed by atoms with Gasteiger partial charge in [0, 0.05) is 30.1 Å². The highest BCUT2D eigenvalue weighted by atomic mass is 32.2. The van der Waals surface area contributed by atoms with E-state index in [1.807, 2.05) is 42.7 Å². The normalized spacial score (nSPS) is 11.8. The zero-order valence-electron chi connectivity index (χ0n) is 15.9. The number of rotatable bonds is 9. The van der Waals surface area contributed by atoms with Crippen LogP contribution >= 0.6 is 11.8 Å². The van der Waals surface area contributed by atoms with Crippen LogP contribution in [-0.4, -0.2) is 37.4 Å². The molecule has 7 heteroatoms. The third-order valence-corrected chi connectivity index (χ3v) is 5.15. The van der Waals surface area contributed by atoms with E-state index in [0.29, 0.717) is 23.9 Å². The molecule has 3 aromatic rings. The fourth-order valence-electron chi connectivity index (χ4n) is 2.71. The van der Waals surface area contributed by atoms with Crippen LogP contribution in [0, 0.1) is 0 Å². The smallest absolute Gasteiger partial charge is 0.192 e. The van der Waals surface area contributed by atoms with Gasteiger partial charge >= 0.3 is 0 Å². The largest absolute Gasteiger partial charge is 0.494 e. The zero-order chi connectivity index (χ0) is 19.9. The van der Waals surface area contributed by atoms with E-state index in [4.69, 9.17) is 4.74 Å². The lowest BCUT2D eigenvalue weighted by Gasteiger charge is -2.12. The molecule has 0 aliphatic rings. The summed E-state index contributed by atoms with van der Waals surface area (Å²) in [5.74, 6) is 1.52. The Kier molecular flexibility index (Phi) is 6.60. The first-order valence-electron chi connectivity index (χ1n) is 9.02. The van der Waals surface area contributed by atoms with Gasteiger partial charge in [0.2, 0.25) is 0 Å². The number of carbonyl (C=O) groups is 1. The monoisotopic (exact) mass is 394 g/mol. The average molecular weight is 395 g/mol. The standard InChI is InChI=1S/C21H22N4O2S/c1-4-14-25-20(17-10-12-22-13-11-17)23-24-21(25)28-15(3)19(26)16-6-8-18(9-7-16)27-5-2/h4,6-13,15H,1,5,14H2,2-3H3. The molecule has 1 aromatic carbocycles. The van der Waals surface area contributed by atoms with Gasteiger partial charge in [-0.15, -0.1) is 16.8 Å². The molecule has 0 bridgehead atoms. The Morgan fingerprint density at radius 3 is 2.57 bits per heavy atom. The van der Waals surface area contributed by atoms with Crippen LogP contribution in [0.3, 0.4) is 0 Å². The van der Waals surface area contributed by atoms with Crippen molar-refractivity contribution in [1.82, 2.24) is 19.7 Å². The minimum absolute atomic E-state index is 0.0339. The van der Waals surface area contributed by atoms with Crippen molar-refractivity contribution in [3.8, 4) is 17.1 Å². The lowest BCUT2D eigenvalue weighted by atomic mass is 10.1. The maximum absolute atomic E-state index is 12.8. The number of nitrogens with zero attached hydrogens (tertiary/aromatic N) is 4. The second kappa shape index (κ2) is 9.32. The molecule has 0 N–H and O–H groups in total. The number of ether oxygens (including phenoxy) is 1. The number of ketones is 1. The predicted molar refractivity (Wildman–Crippen MR) is 111 cm³/mol. The fraction of sp³-hybridized carbons (Fsp3) is 0.238. The highest BCUT2D eigenvalue weighted by Gasteiger charge is 2.21. The van der Waals surface area contributed by atoms with Crippen LogP contribution in [0.2, 0.25) is 0 Å². The molecule has 144 valence electrons. The molecule has 2 heterocycles. The van der Waals surface area contributed by atoms with Gasteiger partial charge < -0.3 is 4.74 Å². The molecule has 28 heavy (non-hydrogen) atoms. The summed E-state index contributed by atoms with van der Waals surface area (Å²) < 4.78 is 7.39. The van der Waals surface area contributed by atoms with Gasteiger partial charge in [-0.2, -0.15) is 0 Å². The topological polar surface area (TPSA) is 69.9 Å². The second-order valence-electron chi connectivity index (χ2n) is 6.02. The lowest BCUT2D eigenvalue weighted by molar-refractivity contribution is 0.0994. The predicted octanol–water partition coefficient (Wildman–Crippen LogP) is 4.29. The third kappa shape index (κ3) is 4.48. The number of allylic oxidation sites excluding steroid dienone is 1. The average Bonchev–Trinajstić information content (AvgIpc) is 3.11. The van der Waals surface area contributed by atoms with E-state index in [1.165, 1.54) is 11.8 Å². The molecule has 0 aliphatic carbocycles. The molecule has 1 unspecified atom stereocenters. The van der Waals surface area contributed by atoms with E-state index in [-0.39, 0.29) is 11.0 Å². The van der Waals surface area contributed by atoms with Gasteiger partial charge in [0.25, 0.3) is 0 Å². The van der Waals surface area contributed by atoms with Crippen LogP contribution in [0.15, 0.2) is 66.6 Å². The molecular weight excluding hydrogens is 372 g/mol. The summed E-state index contributed by atoms with van der Waals surface area (Å²) in [7, 11) is 0. The van der Waals surface area contributed by atoms with Crippen molar-refractivity contribution < 1.29 is 9.53 Å². The summed E-state index contributed by atoms with van der Waals surface area (Å²) in [4.78, 5) is 16.9. The number of benzene rings is 1. The van der Waals surface area contributed by atoms with E-state index in [1.54, 1.807) is 30.6 Å². The number of thioether (sulfide) groups is 1. The summed E-state index contributed by atoms with van der Waals surface area (Å²) in [6, 6.07) is 11.0. The number of pyridine rings is 1. The summed E-state index contributed by atoms with van der Waals surface area (Å²) in [5.41, 5.74) is 1.56. The van der Waals surface area contributed by atoms with E-state index >= 15 is 0 Å². The van der Waals surface area contributed by atoms with E-state index in [2.05, 4.69) is 21.8 Å². The van der Waals surface area contributed by atoms with Gasteiger partial charge in [-0.1, -0.05) is 17.8 Å². The van der Waals surface area contributed by atoms with Crippen LogP contribution in [-0.2, 0) is 6.54 Å². The summed E-state index contributed by atoms with van der Waals surface area (Å²) in [6.07, 6.45) is 5.22. The maximum Gasteiger partial charge on any atom is 0.192 e. The van der Waals surface area contributed by atoms with Crippen molar-refractivity contribution in [2.45, 2.75) is 30.8 Å². The highest BCUT2D eigenvalue weighted by molar-refractivity contribution is 8.00. The van der Waals surface area contributed by atoms with Crippen molar-refractivity contribution in [2.24, 2.45) is 0 Å². The number of Topliss-reactive ketones (excluding diaryl/α,β-unsaturated/α-hetero) is 1. The van der Waals surface area contributed by atoms with Crippen LogP contribution in [0.5, 0.6) is 5.75 Å². The lowest BCUT2D eigenvalue weighted by Crippen LogP contribution is -2.15. The Balaban J connectivity index is 1.79. The van der Waals surface area contributed by atoms with Crippen LogP contribution in [0.25, 0.3) is 11.4 Å². The molecule has 6 nitrogen and oxygen atoms in total. The molecule has 0 aliphatic heterocycles. The quantitative estimate of drug-likeness (QED) is 0.306. The van der Waals surface area contributed by atoms with Crippen molar-refractivity contribution >= 4 is 17.5 Å². The molecule has 0 fully saturated rings. The van der Waals surface area contributed by atoms with Gasteiger partial charge in [0.05, 0.1) is 11.9 Å². The minimum Gasteiger partial charge on any atom is -0.494 e. The van der Waals surface area contributed by atoms with E-state index in [0.717, 1.165) is 17.1 Å². The molecule has 0 amide bonds. The molecule has 2 aromatic heterocycles.